The Bertz CT molecular complexity index is 499. The molecule has 2 rings (SSSR count). The normalized spacial score (nSPS) is 19.6. The first kappa shape index (κ1) is 17.2. The molecule has 1 aromatic rings. The van der Waals surface area contributed by atoms with Gasteiger partial charge in [0.15, 0.2) is 5.13 Å². The van der Waals surface area contributed by atoms with Crippen LogP contribution in [0.2, 0.25) is 0 Å². The van der Waals surface area contributed by atoms with E-state index in [0.717, 1.165) is 0 Å². The fourth-order valence-corrected chi connectivity index (χ4v) is 2.90. The van der Waals surface area contributed by atoms with Crippen LogP contribution in [0.1, 0.15) is 18.7 Å². The summed E-state index contributed by atoms with van der Waals surface area (Å²) >= 11 is 5.47. The van der Waals surface area contributed by atoms with Gasteiger partial charge in [-0.1, -0.05) is 0 Å². The topological polar surface area (TPSA) is 97.5 Å². The number of nitrogens with one attached hydrogen (secondary N) is 1. The van der Waals surface area contributed by atoms with E-state index >= 15 is 0 Å². The van der Waals surface area contributed by atoms with Crippen LogP contribution in [0, 0.1) is 0 Å². The van der Waals surface area contributed by atoms with Crippen molar-refractivity contribution in [2.75, 3.05) is 18.1 Å². The van der Waals surface area contributed by atoms with E-state index < -0.39 is 17.5 Å². The lowest BCUT2D eigenvalue weighted by molar-refractivity contribution is -0.144. The second kappa shape index (κ2) is 7.23. The fraction of sp³-hybridized carbons (Fsp3) is 0.500. The average Bonchev–Trinajstić information content (AvgIpc) is 2.96. The molecule has 0 spiro atoms. The van der Waals surface area contributed by atoms with Crippen molar-refractivity contribution in [3.05, 3.63) is 11.1 Å². The van der Waals surface area contributed by atoms with Gasteiger partial charge in [-0.25, -0.2) is 9.78 Å². The van der Waals surface area contributed by atoms with Crippen molar-refractivity contribution in [3.8, 4) is 0 Å². The van der Waals surface area contributed by atoms with Crippen molar-refractivity contribution < 1.29 is 14.3 Å². The van der Waals surface area contributed by atoms with Gasteiger partial charge >= 0.3 is 5.97 Å². The Morgan fingerprint density at radius 3 is 3.05 bits per heavy atom. The average molecular weight is 339 g/mol. The number of thiol groups is 1. The Morgan fingerprint density at radius 2 is 2.50 bits per heavy atom. The van der Waals surface area contributed by atoms with E-state index in [9.17, 15) is 9.59 Å². The number of nitrogens with zero attached hydrogens (tertiary/aromatic N) is 2. The number of carbonyl (C=O) groups is 2. The number of thiazole rings is 1. The molecule has 1 aliphatic rings. The fourth-order valence-electron chi connectivity index (χ4n) is 1.59. The number of anilines is 1. The molecule has 0 radical (unpaired) electrons. The number of hydrogen-bond donors (Lipinski definition) is 3. The first-order chi connectivity index (χ1) is 9.04. The number of nitrogens with two attached hydrogens (primary N) is 1. The Kier molecular flexibility index (Phi) is 6.21. The van der Waals surface area contributed by atoms with Crippen LogP contribution >= 0.6 is 36.4 Å². The van der Waals surface area contributed by atoms with Gasteiger partial charge in [-0.3, -0.25) is 15.0 Å². The van der Waals surface area contributed by atoms with Crippen LogP contribution in [0.3, 0.4) is 0 Å². The monoisotopic (exact) mass is 338 g/mol. The van der Waals surface area contributed by atoms with Crippen molar-refractivity contribution in [1.82, 2.24) is 10.3 Å². The van der Waals surface area contributed by atoms with Gasteiger partial charge in [0.2, 0.25) is 5.91 Å². The van der Waals surface area contributed by atoms with Crippen LogP contribution in [0.4, 0.5) is 5.13 Å². The molecular formula is C10H15ClN4O3S2. The lowest BCUT2D eigenvalue weighted by Gasteiger charge is -2.16. The summed E-state index contributed by atoms with van der Waals surface area (Å²) in [4.78, 5) is 28.8. The van der Waals surface area contributed by atoms with E-state index in [1.807, 2.05) is 0 Å². The third-order valence-electron chi connectivity index (χ3n) is 2.52. The highest BCUT2D eigenvalue weighted by molar-refractivity contribution is 7.81. The molecule has 1 aromatic heterocycles. The highest BCUT2D eigenvalue weighted by atomic mass is 35.5. The van der Waals surface area contributed by atoms with Crippen molar-refractivity contribution in [3.63, 3.8) is 0 Å². The van der Waals surface area contributed by atoms with Crippen molar-refractivity contribution >= 4 is 53.4 Å². The molecule has 10 heteroatoms. The summed E-state index contributed by atoms with van der Waals surface area (Å²) in [5, 5.41) is 4.99. The highest BCUT2D eigenvalue weighted by Crippen LogP contribution is 2.27. The number of hydrogen-bond acceptors (Lipinski definition) is 8. The van der Waals surface area contributed by atoms with Gasteiger partial charge < -0.3 is 10.5 Å². The summed E-state index contributed by atoms with van der Waals surface area (Å²) in [6, 6.07) is -0.936. The second-order valence-electron chi connectivity index (χ2n) is 3.80. The maximum Gasteiger partial charge on any atom is 0.329 e. The van der Waals surface area contributed by atoms with Crippen LogP contribution in [-0.4, -0.2) is 35.5 Å². The molecule has 20 heavy (non-hydrogen) atoms. The Balaban J connectivity index is 0.00000200. The maximum atomic E-state index is 11.7. The van der Waals surface area contributed by atoms with Gasteiger partial charge in [0.25, 0.3) is 0 Å². The van der Waals surface area contributed by atoms with Crippen LogP contribution < -0.4 is 16.0 Å². The van der Waals surface area contributed by atoms with Crippen molar-refractivity contribution in [1.29, 1.82) is 0 Å². The van der Waals surface area contributed by atoms with Gasteiger partial charge in [-0.15, -0.1) is 36.4 Å². The predicted octanol–water partition coefficient (Wildman–Crippen LogP) is 0.277. The first-order valence-corrected chi connectivity index (χ1v) is 7.05. The SMILES string of the molecule is CCOC(=O)C(N)c1csc(N2C(=O)CNC2S)n1.Cl. The lowest BCUT2D eigenvalue weighted by Crippen LogP contribution is -2.33. The van der Waals surface area contributed by atoms with Gasteiger partial charge in [0.1, 0.15) is 11.5 Å². The Labute approximate surface area is 131 Å². The minimum Gasteiger partial charge on any atom is -0.465 e. The van der Waals surface area contributed by atoms with Gasteiger partial charge in [0, 0.05) is 5.38 Å². The van der Waals surface area contributed by atoms with Crippen LogP contribution in [0.25, 0.3) is 0 Å². The minimum absolute atomic E-state index is 0. The predicted molar refractivity (Wildman–Crippen MR) is 81.2 cm³/mol. The summed E-state index contributed by atoms with van der Waals surface area (Å²) < 4.78 is 4.83. The summed E-state index contributed by atoms with van der Waals surface area (Å²) in [6.45, 7) is 2.18. The molecule has 0 aromatic carbocycles. The Hall–Kier alpha value is -0.870. The van der Waals surface area contributed by atoms with E-state index in [1.165, 1.54) is 16.2 Å². The molecule has 112 valence electrons. The largest absolute Gasteiger partial charge is 0.465 e. The quantitative estimate of drug-likeness (QED) is 0.539. The summed E-state index contributed by atoms with van der Waals surface area (Å²) in [5.74, 6) is -0.654. The van der Waals surface area contributed by atoms with Crippen LogP contribution in [0.15, 0.2) is 5.38 Å². The number of carbonyl (C=O) groups excluding carboxylic acids is 2. The summed E-state index contributed by atoms with van der Waals surface area (Å²) in [6.07, 6.45) is 0. The molecule has 0 aliphatic carbocycles. The molecule has 0 bridgehead atoms. The molecule has 0 saturated carbocycles. The third-order valence-corrected chi connectivity index (χ3v) is 3.80. The van der Waals surface area contributed by atoms with E-state index in [4.69, 9.17) is 10.5 Å². The van der Waals surface area contributed by atoms with Crippen molar-refractivity contribution in [2.45, 2.75) is 18.5 Å². The number of ether oxygens (including phenoxy) is 1. The molecule has 3 N–H and O–H groups in total. The third kappa shape index (κ3) is 3.41. The summed E-state index contributed by atoms with van der Waals surface area (Å²) in [5.41, 5.74) is 5.71. The zero-order valence-corrected chi connectivity index (χ0v) is 13.1. The number of esters is 1. The molecule has 1 aliphatic heterocycles. The van der Waals surface area contributed by atoms with Gasteiger partial charge in [0.05, 0.1) is 18.8 Å². The molecule has 2 unspecified atom stereocenters. The maximum absolute atomic E-state index is 11.7. The van der Waals surface area contributed by atoms with Gasteiger partial charge in [-0.05, 0) is 6.92 Å². The molecular weight excluding hydrogens is 324 g/mol. The number of aromatic nitrogens is 1. The smallest absolute Gasteiger partial charge is 0.329 e. The number of halogens is 1. The first-order valence-electron chi connectivity index (χ1n) is 5.65. The lowest BCUT2D eigenvalue weighted by atomic mass is 10.2. The summed E-state index contributed by atoms with van der Waals surface area (Å²) in [7, 11) is 0. The van der Waals surface area contributed by atoms with E-state index in [1.54, 1.807) is 12.3 Å². The van der Waals surface area contributed by atoms with Crippen molar-refractivity contribution in [2.24, 2.45) is 5.73 Å². The minimum atomic E-state index is -0.936. The van der Waals surface area contributed by atoms with E-state index in [0.29, 0.717) is 10.8 Å². The Morgan fingerprint density at radius 1 is 1.80 bits per heavy atom. The molecule has 2 atom stereocenters. The zero-order chi connectivity index (χ0) is 14.0. The van der Waals surface area contributed by atoms with E-state index in [2.05, 4.69) is 22.9 Å². The molecule has 1 saturated heterocycles. The highest BCUT2D eigenvalue weighted by Gasteiger charge is 2.32. The number of amides is 1. The molecule has 7 nitrogen and oxygen atoms in total. The molecule has 2 heterocycles. The molecule has 1 fully saturated rings. The number of rotatable bonds is 4. The van der Waals surface area contributed by atoms with E-state index in [-0.39, 0.29) is 31.5 Å². The van der Waals surface area contributed by atoms with Crippen LogP contribution in [-0.2, 0) is 14.3 Å². The second-order valence-corrected chi connectivity index (χ2v) is 5.13. The zero-order valence-electron chi connectivity index (χ0n) is 10.6. The standard InChI is InChI=1S/C10H14N4O3S2.ClH/c1-2-17-8(16)7(11)5-4-19-10(13-5)14-6(15)3-12-9(14)18;/h4,7,9,12,18H,2-3,11H2,1H3;1H. The van der Waals surface area contributed by atoms with Crippen LogP contribution in [0.5, 0.6) is 0 Å². The molecule has 1 amide bonds. The van der Waals surface area contributed by atoms with Gasteiger partial charge in [-0.2, -0.15) is 0 Å².